The van der Waals surface area contributed by atoms with E-state index in [1.165, 1.54) is 18.2 Å². The van der Waals surface area contributed by atoms with Gasteiger partial charge in [0.25, 0.3) is 11.6 Å². The molecule has 1 amide bonds. The number of nitriles is 1. The van der Waals surface area contributed by atoms with Gasteiger partial charge in [-0.05, 0) is 42.3 Å². The zero-order valence-corrected chi connectivity index (χ0v) is 17.9. The van der Waals surface area contributed by atoms with Crippen molar-refractivity contribution < 1.29 is 19.4 Å². The Morgan fingerprint density at radius 1 is 1.03 bits per heavy atom. The summed E-state index contributed by atoms with van der Waals surface area (Å²) in [4.78, 5) is 33.1. The van der Waals surface area contributed by atoms with Crippen LogP contribution in [0.3, 0.4) is 0 Å². The SMILES string of the molecule is C[C@@H](NC(=O)/C(C#N)=C\c1ccc(Oc2ccc([N+](=O)[O-])cc2[N+](=O)[O-])cc1)c1ccccc1. The van der Waals surface area contributed by atoms with Gasteiger partial charge in [-0.3, -0.25) is 25.0 Å². The Morgan fingerprint density at radius 3 is 2.29 bits per heavy atom. The number of hydrogen-bond acceptors (Lipinski definition) is 7. The smallest absolute Gasteiger partial charge is 0.318 e. The van der Waals surface area contributed by atoms with Crippen molar-refractivity contribution in [1.82, 2.24) is 5.32 Å². The molecule has 0 heterocycles. The normalized spacial score (nSPS) is 11.7. The molecule has 3 aromatic rings. The van der Waals surface area contributed by atoms with Crippen molar-refractivity contribution in [3.8, 4) is 17.6 Å². The summed E-state index contributed by atoms with van der Waals surface area (Å²) in [6.45, 7) is 1.81. The zero-order chi connectivity index (χ0) is 24.7. The van der Waals surface area contributed by atoms with Crippen LogP contribution in [0.25, 0.3) is 6.08 Å². The highest BCUT2D eigenvalue weighted by molar-refractivity contribution is 6.01. The number of non-ortho nitro benzene ring substituents is 1. The Balaban J connectivity index is 1.74. The van der Waals surface area contributed by atoms with Crippen LogP contribution in [0.2, 0.25) is 0 Å². The second-order valence-corrected chi connectivity index (χ2v) is 7.11. The fourth-order valence-electron chi connectivity index (χ4n) is 3.02. The summed E-state index contributed by atoms with van der Waals surface area (Å²) in [5.41, 5.74) is 0.361. The van der Waals surface area contributed by atoms with Crippen LogP contribution in [0.15, 0.2) is 78.4 Å². The molecule has 10 nitrogen and oxygen atoms in total. The molecular formula is C24H18N4O6. The Bertz CT molecular complexity index is 1300. The monoisotopic (exact) mass is 458 g/mol. The fraction of sp³-hybridized carbons (Fsp3) is 0.0833. The van der Waals surface area contributed by atoms with E-state index >= 15 is 0 Å². The number of hydrogen-bond donors (Lipinski definition) is 1. The molecule has 0 aliphatic carbocycles. The number of ether oxygens (including phenoxy) is 1. The lowest BCUT2D eigenvalue weighted by atomic mass is 10.1. The largest absolute Gasteiger partial charge is 0.450 e. The molecule has 3 rings (SSSR count). The van der Waals surface area contributed by atoms with E-state index in [1.807, 2.05) is 43.3 Å². The van der Waals surface area contributed by atoms with Crippen LogP contribution in [0.1, 0.15) is 24.1 Å². The van der Waals surface area contributed by atoms with Gasteiger partial charge < -0.3 is 10.1 Å². The predicted molar refractivity (Wildman–Crippen MR) is 123 cm³/mol. The van der Waals surface area contributed by atoms with E-state index in [9.17, 15) is 30.3 Å². The minimum absolute atomic E-state index is 0.0949. The summed E-state index contributed by atoms with van der Waals surface area (Å²) < 4.78 is 5.51. The molecule has 0 spiro atoms. The Kier molecular flexibility index (Phi) is 7.31. The van der Waals surface area contributed by atoms with Gasteiger partial charge in [0.2, 0.25) is 5.75 Å². The fourth-order valence-corrected chi connectivity index (χ4v) is 3.02. The standard InChI is InChI=1S/C24H18N4O6/c1-16(18-5-3-2-4-6-18)26-24(29)19(15-25)13-17-7-10-21(11-8-17)34-23-12-9-20(27(30)31)14-22(23)28(32)33/h2-14,16H,1H3,(H,26,29)/b19-13-/t16-/m1/s1. The number of nitro benzene ring substituents is 2. The maximum atomic E-state index is 12.5. The first-order chi connectivity index (χ1) is 16.3. The van der Waals surface area contributed by atoms with Gasteiger partial charge in [0.15, 0.2) is 0 Å². The molecule has 0 saturated carbocycles. The van der Waals surface area contributed by atoms with Crippen LogP contribution in [-0.4, -0.2) is 15.8 Å². The van der Waals surface area contributed by atoms with Crippen molar-refractivity contribution >= 4 is 23.4 Å². The van der Waals surface area contributed by atoms with Crippen molar-refractivity contribution in [3.63, 3.8) is 0 Å². The van der Waals surface area contributed by atoms with E-state index in [2.05, 4.69) is 5.32 Å². The topological polar surface area (TPSA) is 148 Å². The zero-order valence-electron chi connectivity index (χ0n) is 17.9. The van der Waals surface area contributed by atoms with E-state index in [0.29, 0.717) is 5.56 Å². The van der Waals surface area contributed by atoms with Gasteiger partial charge >= 0.3 is 5.69 Å². The highest BCUT2D eigenvalue weighted by Crippen LogP contribution is 2.34. The Hall–Kier alpha value is -5.04. The third-order valence-electron chi connectivity index (χ3n) is 4.78. The predicted octanol–water partition coefficient (Wildman–Crippen LogP) is 5.08. The first-order valence-electron chi connectivity index (χ1n) is 9.97. The average molecular weight is 458 g/mol. The maximum Gasteiger partial charge on any atom is 0.318 e. The number of rotatable bonds is 8. The van der Waals surface area contributed by atoms with Crippen molar-refractivity contribution in [2.75, 3.05) is 0 Å². The Morgan fingerprint density at radius 2 is 1.71 bits per heavy atom. The van der Waals surface area contributed by atoms with Crippen LogP contribution in [0, 0.1) is 31.6 Å². The number of nitrogens with one attached hydrogen (secondary N) is 1. The molecule has 0 unspecified atom stereocenters. The summed E-state index contributed by atoms with van der Waals surface area (Å²) in [6.07, 6.45) is 1.41. The lowest BCUT2D eigenvalue weighted by Gasteiger charge is -2.13. The molecule has 0 aliphatic rings. The van der Waals surface area contributed by atoms with Crippen molar-refractivity contribution in [2.45, 2.75) is 13.0 Å². The van der Waals surface area contributed by atoms with Gasteiger partial charge in [0.1, 0.15) is 17.4 Å². The van der Waals surface area contributed by atoms with E-state index in [0.717, 1.165) is 23.8 Å². The van der Waals surface area contributed by atoms with Gasteiger partial charge in [-0.1, -0.05) is 42.5 Å². The summed E-state index contributed by atoms with van der Waals surface area (Å²) in [6, 6.07) is 20.1. The minimum atomic E-state index is -0.770. The maximum absolute atomic E-state index is 12.5. The second-order valence-electron chi connectivity index (χ2n) is 7.11. The van der Waals surface area contributed by atoms with Crippen LogP contribution >= 0.6 is 0 Å². The molecule has 0 bridgehead atoms. The molecular weight excluding hydrogens is 440 g/mol. The first kappa shape index (κ1) is 23.6. The third-order valence-corrected chi connectivity index (χ3v) is 4.78. The van der Waals surface area contributed by atoms with Gasteiger partial charge in [0, 0.05) is 6.07 Å². The number of carbonyl (C=O) groups excluding carboxylic acids is 1. The highest BCUT2D eigenvalue weighted by Gasteiger charge is 2.21. The number of nitrogens with zero attached hydrogens (tertiary/aromatic N) is 3. The molecule has 0 fully saturated rings. The third kappa shape index (κ3) is 5.80. The molecule has 0 saturated heterocycles. The van der Waals surface area contributed by atoms with E-state index in [-0.39, 0.29) is 23.1 Å². The molecule has 1 atom stereocenters. The highest BCUT2D eigenvalue weighted by atomic mass is 16.6. The molecule has 0 aromatic heterocycles. The molecule has 1 N–H and O–H groups in total. The van der Waals surface area contributed by atoms with Crippen LogP contribution in [0.5, 0.6) is 11.5 Å². The number of nitro groups is 2. The van der Waals surface area contributed by atoms with Crippen LogP contribution in [0.4, 0.5) is 11.4 Å². The molecule has 0 aliphatic heterocycles. The van der Waals surface area contributed by atoms with Gasteiger partial charge in [-0.2, -0.15) is 5.26 Å². The van der Waals surface area contributed by atoms with Crippen molar-refractivity contribution in [3.05, 3.63) is 110 Å². The van der Waals surface area contributed by atoms with Crippen molar-refractivity contribution in [1.29, 1.82) is 5.26 Å². The quantitative estimate of drug-likeness (QED) is 0.214. The lowest BCUT2D eigenvalue weighted by Crippen LogP contribution is -2.27. The molecule has 10 heteroatoms. The molecule has 0 radical (unpaired) electrons. The van der Waals surface area contributed by atoms with E-state index in [4.69, 9.17) is 4.74 Å². The van der Waals surface area contributed by atoms with Gasteiger partial charge in [-0.25, -0.2) is 0 Å². The lowest BCUT2D eigenvalue weighted by molar-refractivity contribution is -0.394. The average Bonchev–Trinajstić information content (AvgIpc) is 2.83. The molecule has 3 aromatic carbocycles. The minimum Gasteiger partial charge on any atom is -0.450 e. The summed E-state index contributed by atoms with van der Waals surface area (Å²) >= 11 is 0. The second kappa shape index (κ2) is 10.5. The molecule has 170 valence electrons. The van der Waals surface area contributed by atoms with E-state index < -0.39 is 27.1 Å². The first-order valence-corrected chi connectivity index (χ1v) is 9.97. The summed E-state index contributed by atoms with van der Waals surface area (Å²) in [7, 11) is 0. The van der Waals surface area contributed by atoms with Crippen molar-refractivity contribution in [2.24, 2.45) is 0 Å². The van der Waals surface area contributed by atoms with Gasteiger partial charge in [0.05, 0.1) is 22.0 Å². The number of benzene rings is 3. The Labute approximate surface area is 194 Å². The molecule has 34 heavy (non-hydrogen) atoms. The van der Waals surface area contributed by atoms with Gasteiger partial charge in [-0.15, -0.1) is 0 Å². The van der Waals surface area contributed by atoms with E-state index in [1.54, 1.807) is 12.1 Å². The number of amides is 1. The number of carbonyl (C=O) groups is 1. The van der Waals surface area contributed by atoms with Crippen LogP contribution in [-0.2, 0) is 4.79 Å². The summed E-state index contributed by atoms with van der Waals surface area (Å²) in [5.74, 6) is -0.457. The van der Waals surface area contributed by atoms with Crippen LogP contribution < -0.4 is 10.1 Å². The summed E-state index contributed by atoms with van der Waals surface area (Å²) in [5, 5.41) is 34.3.